The van der Waals surface area contributed by atoms with E-state index >= 15 is 0 Å². The Bertz CT molecular complexity index is 898. The second-order valence-corrected chi connectivity index (χ2v) is 7.12. The van der Waals surface area contributed by atoms with Crippen LogP contribution in [0.15, 0.2) is 52.2 Å². The van der Waals surface area contributed by atoms with E-state index in [1.54, 1.807) is 29.0 Å². The lowest BCUT2D eigenvalue weighted by atomic mass is 10.2. The molecule has 1 atom stereocenters. The normalized spacial score (nSPS) is 12.0. The Morgan fingerprint density at radius 1 is 1.33 bits per heavy atom. The van der Waals surface area contributed by atoms with Gasteiger partial charge in [0.25, 0.3) is 0 Å². The van der Waals surface area contributed by atoms with Crippen molar-refractivity contribution in [3.63, 3.8) is 0 Å². The zero-order valence-corrected chi connectivity index (χ0v) is 16.5. The van der Waals surface area contributed by atoms with Gasteiger partial charge in [0.05, 0.1) is 23.1 Å². The van der Waals surface area contributed by atoms with E-state index in [0.29, 0.717) is 27.5 Å². The van der Waals surface area contributed by atoms with Crippen LogP contribution >= 0.6 is 23.4 Å². The second-order valence-electron chi connectivity index (χ2n) is 5.77. The van der Waals surface area contributed by atoms with Gasteiger partial charge in [-0.1, -0.05) is 35.5 Å². The molecule has 0 aliphatic heterocycles. The first-order valence-electron chi connectivity index (χ1n) is 8.25. The third kappa shape index (κ3) is 5.05. The number of nitrogens with one attached hydrogen (secondary N) is 1. The number of carbonyl (C=O) groups is 1. The highest BCUT2D eigenvalue weighted by Gasteiger charge is 2.15. The van der Waals surface area contributed by atoms with Gasteiger partial charge in [-0.25, -0.2) is 0 Å². The number of para-hydroxylation sites is 1. The number of hydrogen-bond donors (Lipinski definition) is 1. The van der Waals surface area contributed by atoms with Gasteiger partial charge in [-0.3, -0.25) is 4.79 Å². The van der Waals surface area contributed by atoms with Gasteiger partial charge >= 0.3 is 0 Å². The lowest BCUT2D eigenvalue weighted by molar-refractivity contribution is -0.119. The molecule has 2 heterocycles. The maximum atomic E-state index is 12.1. The van der Waals surface area contributed by atoms with Crippen molar-refractivity contribution in [3.05, 3.63) is 59.3 Å². The molecule has 0 saturated heterocycles. The number of ether oxygens (including phenoxy) is 1. The number of halogens is 1. The van der Waals surface area contributed by atoms with Gasteiger partial charge in [0.1, 0.15) is 18.1 Å². The van der Waals surface area contributed by atoms with Crippen LogP contribution in [0, 0.1) is 0 Å². The number of furan rings is 1. The quantitative estimate of drug-likeness (QED) is 0.575. The van der Waals surface area contributed by atoms with Crippen LogP contribution in [0.3, 0.4) is 0 Å². The largest absolute Gasteiger partial charge is 0.484 e. The Kier molecular flexibility index (Phi) is 6.41. The van der Waals surface area contributed by atoms with Crippen molar-refractivity contribution in [2.75, 3.05) is 5.75 Å². The Balaban J connectivity index is 1.51. The lowest BCUT2D eigenvalue weighted by Crippen LogP contribution is -2.28. The third-order valence-electron chi connectivity index (χ3n) is 3.80. The number of nitrogens with zero attached hydrogens (tertiary/aromatic N) is 3. The molecule has 1 N–H and O–H groups in total. The van der Waals surface area contributed by atoms with Gasteiger partial charge in [-0.2, -0.15) is 0 Å². The van der Waals surface area contributed by atoms with E-state index < -0.39 is 0 Å². The fraction of sp³-hybridized carbons (Fsp3) is 0.278. The van der Waals surface area contributed by atoms with Gasteiger partial charge in [0.2, 0.25) is 5.91 Å². The summed E-state index contributed by atoms with van der Waals surface area (Å²) < 4.78 is 12.8. The van der Waals surface area contributed by atoms with Crippen LogP contribution in [0.4, 0.5) is 0 Å². The van der Waals surface area contributed by atoms with E-state index in [1.807, 2.05) is 32.2 Å². The Morgan fingerprint density at radius 2 is 2.15 bits per heavy atom. The standard InChI is InChI=1S/C18H19ClN4O3S/c1-12(14-8-5-9-25-14)20-17(24)11-27-18-22-21-16(23(18)2)10-26-15-7-4-3-6-13(15)19/h3-9,12H,10-11H2,1-2H3,(H,20,24). The first kappa shape index (κ1) is 19.3. The molecule has 0 spiro atoms. The van der Waals surface area contributed by atoms with Gasteiger partial charge < -0.3 is 19.0 Å². The van der Waals surface area contributed by atoms with Crippen LogP contribution in [0.5, 0.6) is 5.75 Å². The van der Waals surface area contributed by atoms with E-state index in [9.17, 15) is 4.79 Å². The maximum absolute atomic E-state index is 12.1. The van der Waals surface area contributed by atoms with Crippen LogP contribution < -0.4 is 10.1 Å². The Labute approximate surface area is 166 Å². The summed E-state index contributed by atoms with van der Waals surface area (Å²) in [5, 5.41) is 12.3. The molecule has 0 aliphatic rings. The molecule has 1 aromatic carbocycles. The van der Waals surface area contributed by atoms with Gasteiger partial charge in [-0.05, 0) is 31.2 Å². The van der Waals surface area contributed by atoms with Crippen molar-refractivity contribution in [1.82, 2.24) is 20.1 Å². The van der Waals surface area contributed by atoms with E-state index in [-0.39, 0.29) is 24.3 Å². The molecule has 2 aromatic heterocycles. The molecule has 9 heteroatoms. The molecule has 3 aromatic rings. The number of aromatic nitrogens is 3. The van der Waals surface area contributed by atoms with E-state index in [0.717, 1.165) is 0 Å². The summed E-state index contributed by atoms with van der Waals surface area (Å²) in [7, 11) is 1.83. The molecule has 7 nitrogen and oxygen atoms in total. The van der Waals surface area contributed by atoms with Crippen molar-refractivity contribution in [2.24, 2.45) is 7.05 Å². The summed E-state index contributed by atoms with van der Waals surface area (Å²) in [6.07, 6.45) is 1.58. The molecule has 0 saturated carbocycles. The van der Waals surface area contributed by atoms with Gasteiger partial charge in [-0.15, -0.1) is 10.2 Å². The summed E-state index contributed by atoms with van der Waals surface area (Å²) in [6, 6.07) is 10.7. The predicted octanol–water partition coefficient (Wildman–Crippen LogP) is 3.61. The minimum atomic E-state index is -0.188. The number of rotatable bonds is 8. The minimum absolute atomic E-state index is 0.110. The first-order valence-corrected chi connectivity index (χ1v) is 9.62. The number of benzene rings is 1. The molecule has 0 bridgehead atoms. The number of thioether (sulfide) groups is 1. The molecule has 0 aliphatic carbocycles. The molecule has 1 amide bonds. The Morgan fingerprint density at radius 3 is 2.89 bits per heavy atom. The van der Waals surface area contributed by atoms with Crippen LogP contribution in [0.25, 0.3) is 0 Å². The van der Waals surface area contributed by atoms with Crippen molar-refractivity contribution < 1.29 is 13.9 Å². The molecular weight excluding hydrogens is 388 g/mol. The summed E-state index contributed by atoms with van der Waals surface area (Å²) in [6.45, 7) is 2.10. The molecule has 27 heavy (non-hydrogen) atoms. The minimum Gasteiger partial charge on any atom is -0.484 e. The molecule has 1 unspecified atom stereocenters. The Hall–Kier alpha value is -2.45. The van der Waals surface area contributed by atoms with Gasteiger partial charge in [0, 0.05) is 7.05 Å². The summed E-state index contributed by atoms with van der Waals surface area (Å²) >= 11 is 7.38. The van der Waals surface area contributed by atoms with Crippen LogP contribution in [0.1, 0.15) is 24.6 Å². The topological polar surface area (TPSA) is 82.2 Å². The van der Waals surface area contributed by atoms with Crippen LogP contribution in [0.2, 0.25) is 5.02 Å². The van der Waals surface area contributed by atoms with Crippen LogP contribution in [-0.2, 0) is 18.4 Å². The lowest BCUT2D eigenvalue weighted by Gasteiger charge is -2.11. The van der Waals surface area contributed by atoms with E-state index in [4.69, 9.17) is 20.8 Å². The molecular formula is C18H19ClN4O3S. The maximum Gasteiger partial charge on any atom is 0.231 e. The van der Waals surface area contributed by atoms with Crippen molar-refractivity contribution in [3.8, 4) is 5.75 Å². The van der Waals surface area contributed by atoms with Crippen LogP contribution in [-0.4, -0.2) is 26.4 Å². The van der Waals surface area contributed by atoms with E-state index in [1.165, 1.54) is 11.8 Å². The third-order valence-corrected chi connectivity index (χ3v) is 5.13. The molecule has 0 radical (unpaired) electrons. The average Bonchev–Trinajstić information content (AvgIpc) is 3.30. The highest BCUT2D eigenvalue weighted by molar-refractivity contribution is 7.99. The average molecular weight is 407 g/mol. The van der Waals surface area contributed by atoms with E-state index in [2.05, 4.69) is 15.5 Å². The summed E-state index contributed by atoms with van der Waals surface area (Å²) in [4.78, 5) is 12.1. The number of hydrogen-bond acceptors (Lipinski definition) is 6. The van der Waals surface area contributed by atoms with Crippen molar-refractivity contribution >= 4 is 29.3 Å². The molecule has 3 rings (SSSR count). The van der Waals surface area contributed by atoms with Crippen molar-refractivity contribution in [2.45, 2.75) is 24.7 Å². The first-order chi connectivity index (χ1) is 13.0. The second kappa shape index (κ2) is 8.96. The van der Waals surface area contributed by atoms with Crippen molar-refractivity contribution in [1.29, 1.82) is 0 Å². The monoisotopic (exact) mass is 406 g/mol. The molecule has 142 valence electrons. The molecule has 0 fully saturated rings. The number of amides is 1. The summed E-state index contributed by atoms with van der Waals surface area (Å²) in [5.74, 6) is 2.05. The number of carbonyl (C=O) groups excluding carboxylic acids is 1. The zero-order chi connectivity index (χ0) is 19.2. The smallest absolute Gasteiger partial charge is 0.231 e. The predicted molar refractivity (Wildman–Crippen MR) is 103 cm³/mol. The SMILES string of the molecule is CC(NC(=O)CSc1nnc(COc2ccccc2Cl)n1C)c1ccco1. The zero-order valence-electron chi connectivity index (χ0n) is 14.9. The van der Waals surface area contributed by atoms with Gasteiger partial charge in [0.15, 0.2) is 11.0 Å². The fourth-order valence-corrected chi connectivity index (χ4v) is 3.25. The summed E-state index contributed by atoms with van der Waals surface area (Å²) in [5.41, 5.74) is 0. The highest BCUT2D eigenvalue weighted by atomic mass is 35.5. The highest BCUT2D eigenvalue weighted by Crippen LogP contribution is 2.24. The fourth-order valence-electron chi connectivity index (χ4n) is 2.32.